The first-order valence-corrected chi connectivity index (χ1v) is 19.8. The smallest absolute Gasteiger partial charge is 0.408 e. The standard InChI is InChI=1S/C41H58BrN3O14/c1-39(2,3)59-38(56)44-28(20-26-10-12-30(47)33(50)22-26)31(48)23-27(19-25-9-11-29(46)32(49)21-25)35(53)43-14-17-57-36(54)40(4,5)24-41(6,42)37(55)58-18-16-45(7,8)15-13-34(51)52/h9-12,21-22,27-28H,13-20,23-24H2,1-8H3,(H6-,43,44,46,47,49,50,51,52,53,56)/p+1. The van der Waals surface area contributed by atoms with Gasteiger partial charge in [0.25, 0.3) is 0 Å². The Labute approximate surface area is 352 Å². The summed E-state index contributed by atoms with van der Waals surface area (Å²) in [5, 5.41) is 53.9. The molecule has 0 spiro atoms. The zero-order chi connectivity index (χ0) is 44.9. The van der Waals surface area contributed by atoms with Crippen LogP contribution >= 0.6 is 15.9 Å². The number of hydrogen-bond acceptors (Lipinski definition) is 13. The third kappa shape index (κ3) is 17.7. The minimum atomic E-state index is -1.27. The molecule has 0 aliphatic rings. The van der Waals surface area contributed by atoms with Gasteiger partial charge in [-0.3, -0.25) is 24.0 Å². The molecule has 7 N–H and O–H groups in total. The van der Waals surface area contributed by atoms with Crippen LogP contribution in [-0.4, -0.2) is 129 Å². The maximum Gasteiger partial charge on any atom is 0.408 e. The van der Waals surface area contributed by atoms with Crippen molar-refractivity contribution < 1.29 is 73.0 Å². The number of phenols is 4. The van der Waals surface area contributed by atoms with Crippen LogP contribution in [0.15, 0.2) is 36.4 Å². The minimum Gasteiger partial charge on any atom is -0.504 e. The van der Waals surface area contributed by atoms with Gasteiger partial charge in [0.1, 0.15) is 29.7 Å². The van der Waals surface area contributed by atoms with Crippen molar-refractivity contribution in [3.8, 4) is 23.0 Å². The first-order valence-electron chi connectivity index (χ1n) is 19.0. The molecule has 328 valence electrons. The largest absolute Gasteiger partial charge is 0.504 e. The summed E-state index contributed by atoms with van der Waals surface area (Å²) in [6, 6.07) is 6.62. The van der Waals surface area contributed by atoms with Gasteiger partial charge in [0, 0.05) is 18.8 Å². The lowest BCUT2D eigenvalue weighted by Gasteiger charge is -2.32. The van der Waals surface area contributed by atoms with Crippen molar-refractivity contribution in [3.05, 3.63) is 47.5 Å². The van der Waals surface area contributed by atoms with Crippen molar-refractivity contribution in [1.29, 1.82) is 0 Å². The summed E-state index contributed by atoms with van der Waals surface area (Å²) in [5.74, 6) is -6.16. The first-order chi connectivity index (χ1) is 27.1. The number of nitrogens with one attached hydrogen (secondary N) is 2. The van der Waals surface area contributed by atoms with Gasteiger partial charge in [-0.25, -0.2) is 4.79 Å². The zero-order valence-corrected chi connectivity index (χ0v) is 36.5. The maximum atomic E-state index is 13.9. The highest BCUT2D eigenvalue weighted by atomic mass is 79.9. The Hall–Kier alpha value is -5.10. The van der Waals surface area contributed by atoms with Gasteiger partial charge in [0.05, 0.1) is 45.1 Å². The van der Waals surface area contributed by atoms with Crippen molar-refractivity contribution in [2.75, 3.05) is 46.9 Å². The molecular weight excluding hydrogens is 838 g/mol. The van der Waals surface area contributed by atoms with E-state index in [0.717, 1.165) is 0 Å². The molecule has 18 heteroatoms. The van der Waals surface area contributed by atoms with E-state index in [0.29, 0.717) is 28.7 Å². The summed E-state index contributed by atoms with van der Waals surface area (Å²) in [7, 11) is 3.65. The molecule has 17 nitrogen and oxygen atoms in total. The number of nitrogens with zero attached hydrogens (tertiary/aromatic N) is 1. The summed E-state index contributed by atoms with van der Waals surface area (Å²) < 4.78 is 15.3. The molecule has 0 saturated carbocycles. The number of hydrogen-bond donors (Lipinski definition) is 7. The van der Waals surface area contributed by atoms with Crippen molar-refractivity contribution >= 4 is 51.6 Å². The molecule has 0 fully saturated rings. The number of alkyl carbamates (subject to hydrolysis) is 1. The number of halogens is 1. The van der Waals surface area contributed by atoms with E-state index in [1.807, 2.05) is 14.1 Å². The van der Waals surface area contributed by atoms with Gasteiger partial charge in [-0.05, 0) is 89.8 Å². The molecule has 0 aliphatic heterocycles. The molecule has 0 radical (unpaired) electrons. The van der Waals surface area contributed by atoms with E-state index in [2.05, 4.69) is 26.6 Å². The molecule has 2 aromatic carbocycles. The van der Waals surface area contributed by atoms with Crippen molar-refractivity contribution in [2.45, 2.75) is 89.6 Å². The van der Waals surface area contributed by atoms with E-state index in [1.165, 1.54) is 36.4 Å². The first kappa shape index (κ1) is 50.0. The molecule has 0 bridgehead atoms. The van der Waals surface area contributed by atoms with Gasteiger partial charge in [0.15, 0.2) is 28.8 Å². The Kier molecular flexibility index (Phi) is 18.0. The lowest BCUT2D eigenvalue weighted by Crippen LogP contribution is -2.46. The molecule has 3 atom stereocenters. The van der Waals surface area contributed by atoms with Gasteiger partial charge in [-0.15, -0.1) is 0 Å². The number of aromatic hydroxyl groups is 4. The number of quaternary nitrogens is 1. The summed E-state index contributed by atoms with van der Waals surface area (Å²) in [6.45, 7) is 9.97. The highest BCUT2D eigenvalue weighted by Crippen LogP contribution is 2.36. The van der Waals surface area contributed by atoms with E-state index < -0.39 is 80.9 Å². The number of benzene rings is 2. The van der Waals surface area contributed by atoms with Crippen LogP contribution in [0.25, 0.3) is 0 Å². The number of ether oxygens (including phenoxy) is 3. The van der Waals surface area contributed by atoms with Crippen molar-refractivity contribution in [2.24, 2.45) is 11.3 Å². The summed E-state index contributed by atoms with van der Waals surface area (Å²) >= 11 is 3.38. The number of amides is 2. The number of likely N-dealkylation sites (N-methyl/N-ethyl adjacent to an activating group) is 1. The molecule has 0 heterocycles. The number of carbonyl (C=O) groups excluding carboxylic acids is 5. The number of aliphatic carboxylic acids is 1. The number of esters is 2. The number of alkyl halides is 1. The zero-order valence-electron chi connectivity index (χ0n) is 34.9. The third-order valence-electron chi connectivity index (χ3n) is 9.15. The van der Waals surface area contributed by atoms with Crippen LogP contribution in [0.5, 0.6) is 23.0 Å². The van der Waals surface area contributed by atoms with Gasteiger partial charge < -0.3 is 54.9 Å². The highest BCUT2D eigenvalue weighted by molar-refractivity contribution is 9.10. The Morgan fingerprint density at radius 1 is 0.763 bits per heavy atom. The van der Waals surface area contributed by atoms with E-state index in [4.69, 9.17) is 19.3 Å². The van der Waals surface area contributed by atoms with Gasteiger partial charge in [0.2, 0.25) is 5.91 Å². The molecule has 2 amide bonds. The number of ketones is 1. The number of carboxylic acids is 1. The highest BCUT2D eigenvalue weighted by Gasteiger charge is 2.42. The second kappa shape index (κ2) is 21.2. The van der Waals surface area contributed by atoms with E-state index >= 15 is 0 Å². The number of carbonyl (C=O) groups is 6. The Morgan fingerprint density at radius 3 is 1.83 bits per heavy atom. The fourth-order valence-electron chi connectivity index (χ4n) is 5.93. The molecule has 0 aliphatic carbocycles. The molecule has 0 aromatic heterocycles. The van der Waals surface area contributed by atoms with Gasteiger partial charge in [-0.1, -0.05) is 28.1 Å². The summed E-state index contributed by atoms with van der Waals surface area (Å²) in [5.41, 5.74) is -1.31. The number of Topliss-reactive ketones (excluding diaryl/α,β-unsaturated/α-hetero) is 1. The van der Waals surface area contributed by atoms with Gasteiger partial charge in [-0.2, -0.15) is 0 Å². The number of rotatable bonds is 22. The average Bonchev–Trinajstić information content (AvgIpc) is 3.10. The predicted molar refractivity (Wildman–Crippen MR) is 218 cm³/mol. The van der Waals surface area contributed by atoms with Crippen LogP contribution in [0.1, 0.15) is 71.9 Å². The second-order valence-electron chi connectivity index (χ2n) is 17.0. The van der Waals surface area contributed by atoms with E-state index in [-0.39, 0.29) is 56.9 Å². The average molecular weight is 898 g/mol. The van der Waals surface area contributed by atoms with Crippen molar-refractivity contribution in [3.63, 3.8) is 0 Å². The minimum absolute atomic E-state index is 0.0206. The SMILES string of the molecule is CC(C)(C)OC(=O)NC(Cc1ccc(O)c(O)c1)C(=O)CC(Cc1ccc(O)c(O)c1)C(=O)NCCOC(=O)C(C)(C)CC(C)(Br)C(=O)OCC[N+](C)(C)CCC(=O)O. The molecule has 0 saturated heterocycles. The Morgan fingerprint density at radius 2 is 1.31 bits per heavy atom. The van der Waals surface area contributed by atoms with Crippen LogP contribution in [0.4, 0.5) is 4.79 Å². The Bertz CT molecular complexity index is 1820. The fourth-order valence-corrected chi connectivity index (χ4v) is 6.74. The topological polar surface area (TPSA) is 255 Å². The van der Waals surface area contributed by atoms with E-state index in [1.54, 1.807) is 41.5 Å². The van der Waals surface area contributed by atoms with E-state index in [9.17, 15) is 49.2 Å². The lowest BCUT2D eigenvalue weighted by atomic mass is 9.83. The van der Waals surface area contributed by atoms with Crippen LogP contribution in [-0.2, 0) is 51.0 Å². The normalized spacial score (nSPS) is 13.9. The number of carboxylic acid groups (broad SMARTS) is 1. The van der Waals surface area contributed by atoms with Crippen LogP contribution in [0.3, 0.4) is 0 Å². The molecule has 3 unspecified atom stereocenters. The van der Waals surface area contributed by atoms with Crippen molar-refractivity contribution in [1.82, 2.24) is 10.6 Å². The monoisotopic (exact) mass is 896 g/mol. The maximum absolute atomic E-state index is 13.9. The number of phenolic OH excluding ortho intramolecular Hbond substituents is 4. The lowest BCUT2D eigenvalue weighted by molar-refractivity contribution is -0.889. The van der Waals surface area contributed by atoms with Crippen LogP contribution in [0.2, 0.25) is 0 Å². The second-order valence-corrected chi connectivity index (χ2v) is 18.7. The quantitative estimate of drug-likeness (QED) is 0.0220. The molecule has 2 rings (SSSR count). The molecular formula is C41H59BrN3O14+. The predicted octanol–water partition coefficient (Wildman–Crippen LogP) is 4.09. The van der Waals surface area contributed by atoms with Crippen LogP contribution in [0, 0.1) is 11.3 Å². The third-order valence-corrected chi connectivity index (χ3v) is 9.75. The Balaban J connectivity index is 2.14. The molecule has 59 heavy (non-hydrogen) atoms. The summed E-state index contributed by atoms with van der Waals surface area (Å²) in [6.07, 6.45) is -1.61. The molecule has 2 aromatic rings. The fraction of sp³-hybridized carbons (Fsp3) is 0.561. The van der Waals surface area contributed by atoms with Crippen LogP contribution < -0.4 is 10.6 Å². The van der Waals surface area contributed by atoms with Gasteiger partial charge >= 0.3 is 24.0 Å². The summed E-state index contributed by atoms with van der Waals surface area (Å²) in [4.78, 5) is 77.4.